The Morgan fingerprint density at radius 2 is 1.57 bits per heavy atom. The number of hydrogen-bond donors (Lipinski definition) is 1. The number of aromatic carboxylic acids is 1. The quantitative estimate of drug-likeness (QED) is 0.369. The van der Waals surface area contributed by atoms with Crippen molar-refractivity contribution in [1.82, 2.24) is 4.57 Å². The van der Waals surface area contributed by atoms with Gasteiger partial charge in [0.2, 0.25) is 0 Å². The van der Waals surface area contributed by atoms with Gasteiger partial charge in [0.15, 0.2) is 0 Å². The molecular formula is C31H43NO3. The molecule has 0 radical (unpaired) electrons. The summed E-state index contributed by atoms with van der Waals surface area (Å²) in [5.74, 6) is -0.00157. The molecule has 4 rings (SSSR count). The first-order valence-electron chi connectivity index (χ1n) is 13.6. The van der Waals surface area contributed by atoms with Gasteiger partial charge in [-0.2, -0.15) is 0 Å². The molecule has 2 aromatic carbocycles. The first-order chi connectivity index (χ1) is 17.0. The largest absolute Gasteiger partial charge is 0.494 e. The lowest BCUT2D eigenvalue weighted by Gasteiger charge is -2.25. The van der Waals surface area contributed by atoms with Crippen LogP contribution >= 0.6 is 0 Å². The first-order valence-corrected chi connectivity index (χ1v) is 13.6. The standard InChI is InChI=1S/C26H31NO3.C5H12/c1-3-30-22-14-11-19(12-15-22)25-18(2)23-17-20(26(28)29)13-16-24(23)27(25)21-9-7-5-4-6-8-10-21;1-3-5-4-2/h11-17,21H,3-10H2,1-2H3,(H,28,29);3-5H2,1-2H3. The minimum absolute atomic E-state index is 0.346. The van der Waals surface area contributed by atoms with Crippen molar-refractivity contribution < 1.29 is 14.6 Å². The number of aromatic nitrogens is 1. The molecule has 1 aliphatic rings. The lowest BCUT2D eigenvalue weighted by Crippen LogP contribution is -2.12. The maximum atomic E-state index is 11.6. The number of aryl methyl sites for hydroxylation is 1. The highest BCUT2D eigenvalue weighted by atomic mass is 16.5. The van der Waals surface area contributed by atoms with E-state index in [2.05, 4.69) is 37.5 Å². The lowest BCUT2D eigenvalue weighted by atomic mass is 9.96. The van der Waals surface area contributed by atoms with Crippen molar-refractivity contribution in [3.63, 3.8) is 0 Å². The molecule has 0 atom stereocenters. The summed E-state index contributed by atoms with van der Waals surface area (Å²) in [4.78, 5) is 11.6. The second-order valence-corrected chi connectivity index (χ2v) is 9.69. The van der Waals surface area contributed by atoms with Gasteiger partial charge < -0.3 is 14.4 Å². The van der Waals surface area contributed by atoms with E-state index >= 15 is 0 Å². The molecule has 0 amide bonds. The van der Waals surface area contributed by atoms with Crippen molar-refractivity contribution in [1.29, 1.82) is 0 Å². The van der Waals surface area contributed by atoms with Gasteiger partial charge >= 0.3 is 5.97 Å². The third-order valence-corrected chi connectivity index (χ3v) is 7.09. The van der Waals surface area contributed by atoms with Crippen LogP contribution in [0.15, 0.2) is 42.5 Å². The summed E-state index contributed by atoms with van der Waals surface area (Å²) in [5, 5.41) is 10.5. The number of fused-ring (bicyclic) bond motifs is 1. The number of nitrogens with zero attached hydrogens (tertiary/aromatic N) is 1. The Kier molecular flexibility index (Phi) is 10.3. The number of unbranched alkanes of at least 4 members (excludes halogenated alkanes) is 2. The summed E-state index contributed by atoms with van der Waals surface area (Å²) < 4.78 is 8.13. The summed E-state index contributed by atoms with van der Waals surface area (Å²) in [6, 6.07) is 14.3. The Balaban J connectivity index is 0.000000623. The molecule has 3 aromatic rings. The van der Waals surface area contributed by atoms with Gasteiger partial charge in [0.1, 0.15) is 5.75 Å². The second-order valence-electron chi connectivity index (χ2n) is 9.69. The molecule has 1 N–H and O–H groups in total. The van der Waals surface area contributed by atoms with Gasteiger partial charge in [-0.05, 0) is 80.3 Å². The first kappa shape index (κ1) is 26.8. The summed E-state index contributed by atoms with van der Waals surface area (Å²) in [5.41, 5.74) is 5.01. The van der Waals surface area contributed by atoms with Crippen LogP contribution in [-0.2, 0) is 0 Å². The van der Waals surface area contributed by atoms with Crippen LogP contribution < -0.4 is 4.74 Å². The lowest BCUT2D eigenvalue weighted by molar-refractivity contribution is 0.0697. The van der Waals surface area contributed by atoms with Crippen molar-refractivity contribution in [3.05, 3.63) is 53.6 Å². The minimum Gasteiger partial charge on any atom is -0.494 e. The van der Waals surface area contributed by atoms with E-state index in [1.165, 1.54) is 69.9 Å². The third-order valence-electron chi connectivity index (χ3n) is 7.09. The van der Waals surface area contributed by atoms with Crippen molar-refractivity contribution in [2.75, 3.05) is 6.61 Å². The Hall–Kier alpha value is -2.75. The van der Waals surface area contributed by atoms with Crippen molar-refractivity contribution >= 4 is 16.9 Å². The van der Waals surface area contributed by atoms with Gasteiger partial charge in [-0.15, -0.1) is 0 Å². The number of benzene rings is 2. The molecule has 35 heavy (non-hydrogen) atoms. The number of carbonyl (C=O) groups is 1. The van der Waals surface area contributed by atoms with Crippen LogP contribution in [0, 0.1) is 6.92 Å². The second kappa shape index (κ2) is 13.4. The topological polar surface area (TPSA) is 51.5 Å². The zero-order chi connectivity index (χ0) is 25.2. The van der Waals surface area contributed by atoms with E-state index < -0.39 is 5.97 Å². The van der Waals surface area contributed by atoms with Gasteiger partial charge in [-0.1, -0.05) is 65.2 Å². The van der Waals surface area contributed by atoms with Crippen molar-refractivity contribution in [2.45, 2.75) is 97.9 Å². The minimum atomic E-state index is -0.877. The molecule has 4 nitrogen and oxygen atoms in total. The third kappa shape index (κ3) is 6.68. The fourth-order valence-electron chi connectivity index (χ4n) is 5.27. The van der Waals surface area contributed by atoms with Crippen LogP contribution in [-0.4, -0.2) is 22.2 Å². The molecule has 1 aromatic heterocycles. The fraction of sp³-hybridized carbons (Fsp3) is 0.516. The molecule has 0 bridgehead atoms. The van der Waals surface area contributed by atoms with Crippen LogP contribution in [0.1, 0.15) is 107 Å². The zero-order valence-electron chi connectivity index (χ0n) is 22.1. The van der Waals surface area contributed by atoms with Crippen LogP contribution in [0.2, 0.25) is 0 Å². The molecule has 0 spiro atoms. The normalized spacial score (nSPS) is 14.6. The van der Waals surface area contributed by atoms with E-state index in [9.17, 15) is 9.90 Å². The SMILES string of the molecule is CCCCC.CCOc1ccc(-c2c(C)c3cc(C(=O)O)ccc3n2C2CCCCCCC2)cc1. The fourth-order valence-corrected chi connectivity index (χ4v) is 5.27. The van der Waals surface area contributed by atoms with E-state index in [1.54, 1.807) is 6.07 Å². The number of carboxylic acid groups (broad SMARTS) is 1. The van der Waals surface area contributed by atoms with E-state index in [0.29, 0.717) is 18.2 Å². The van der Waals surface area contributed by atoms with Gasteiger partial charge in [-0.3, -0.25) is 0 Å². The summed E-state index contributed by atoms with van der Waals surface area (Å²) in [6.07, 6.45) is 12.9. The van der Waals surface area contributed by atoms with E-state index in [-0.39, 0.29) is 0 Å². The van der Waals surface area contributed by atoms with Crippen LogP contribution in [0.4, 0.5) is 0 Å². The molecule has 1 saturated carbocycles. The molecular weight excluding hydrogens is 434 g/mol. The maximum absolute atomic E-state index is 11.6. The molecule has 1 heterocycles. The van der Waals surface area contributed by atoms with Crippen LogP contribution in [0.5, 0.6) is 5.75 Å². The van der Waals surface area contributed by atoms with Crippen molar-refractivity contribution in [3.8, 4) is 17.0 Å². The Labute approximate surface area is 211 Å². The average Bonchev–Trinajstić information content (AvgIpc) is 3.12. The van der Waals surface area contributed by atoms with Crippen LogP contribution in [0.3, 0.4) is 0 Å². The van der Waals surface area contributed by atoms with Gasteiger partial charge in [-0.25, -0.2) is 4.79 Å². The molecule has 1 aliphatic carbocycles. The van der Waals surface area contributed by atoms with E-state index in [4.69, 9.17) is 4.74 Å². The highest BCUT2D eigenvalue weighted by Gasteiger charge is 2.23. The van der Waals surface area contributed by atoms with E-state index in [1.807, 2.05) is 31.2 Å². The number of ether oxygens (including phenoxy) is 1. The highest BCUT2D eigenvalue weighted by Crippen LogP contribution is 2.40. The highest BCUT2D eigenvalue weighted by molar-refractivity contribution is 5.98. The summed E-state index contributed by atoms with van der Waals surface area (Å²) in [6.45, 7) is 9.19. The zero-order valence-corrected chi connectivity index (χ0v) is 22.1. The van der Waals surface area contributed by atoms with Gasteiger partial charge in [0, 0.05) is 16.9 Å². The molecule has 0 aliphatic heterocycles. The molecule has 190 valence electrons. The Morgan fingerprint density at radius 1 is 0.943 bits per heavy atom. The number of hydrogen-bond acceptors (Lipinski definition) is 2. The summed E-state index contributed by atoms with van der Waals surface area (Å²) in [7, 11) is 0. The molecule has 4 heteroatoms. The number of rotatable bonds is 7. The smallest absolute Gasteiger partial charge is 0.335 e. The molecule has 0 unspecified atom stereocenters. The monoisotopic (exact) mass is 477 g/mol. The van der Waals surface area contributed by atoms with Crippen molar-refractivity contribution in [2.24, 2.45) is 0 Å². The Bertz CT molecular complexity index is 1070. The molecule has 0 saturated heterocycles. The predicted molar refractivity (Wildman–Crippen MR) is 147 cm³/mol. The Morgan fingerprint density at radius 3 is 2.11 bits per heavy atom. The number of carboxylic acids is 1. The maximum Gasteiger partial charge on any atom is 0.335 e. The predicted octanol–water partition coefficient (Wildman–Crippen LogP) is 9.20. The average molecular weight is 478 g/mol. The van der Waals surface area contributed by atoms with Gasteiger partial charge in [0.05, 0.1) is 17.9 Å². The van der Waals surface area contributed by atoms with E-state index in [0.717, 1.165) is 27.8 Å². The molecule has 1 fully saturated rings. The van der Waals surface area contributed by atoms with Gasteiger partial charge in [0.25, 0.3) is 0 Å². The van der Waals surface area contributed by atoms with Crippen LogP contribution in [0.25, 0.3) is 22.2 Å². The summed E-state index contributed by atoms with van der Waals surface area (Å²) >= 11 is 0.